The maximum atomic E-state index is 12.8. The predicted octanol–water partition coefficient (Wildman–Crippen LogP) is 20.2. The van der Waals surface area contributed by atoms with Crippen LogP contribution in [0.25, 0.3) is 0 Å². The summed E-state index contributed by atoms with van der Waals surface area (Å²) in [5, 5.41) is 0. The van der Waals surface area contributed by atoms with Crippen molar-refractivity contribution in [3.63, 3.8) is 0 Å². The molecule has 0 amide bonds. The van der Waals surface area contributed by atoms with Crippen LogP contribution >= 0.6 is 0 Å². The summed E-state index contributed by atoms with van der Waals surface area (Å²) in [6.07, 6.45) is 71.1. The number of carbonyl (C=O) groups is 3. The standard InChI is InChI=1S/C63H114O6/c1-4-7-10-13-16-19-22-25-28-31-33-35-38-41-44-47-50-53-56-62(65)68-59-60(58-67-61(64)55-52-49-46-43-40-37-34-30-27-24-21-18-15-12-9-6-3)69-63(66)57-54-51-48-45-42-39-36-32-29-26-23-20-17-14-11-8-5-2/h17,20,26,29,36,39,45,48,60H,4-16,18-19,21-25,27-28,30-35,37-38,40-44,46-47,49-59H2,1-3H3/b20-17-,29-26-,39-36-,48-45-/t60-/m1/s1. The van der Waals surface area contributed by atoms with E-state index in [1.54, 1.807) is 0 Å². The van der Waals surface area contributed by atoms with Gasteiger partial charge in [0.25, 0.3) is 0 Å². The van der Waals surface area contributed by atoms with Crippen LogP contribution in [-0.4, -0.2) is 37.2 Å². The summed E-state index contributed by atoms with van der Waals surface area (Å²) in [5.41, 5.74) is 0. The van der Waals surface area contributed by atoms with Gasteiger partial charge in [-0.05, 0) is 57.8 Å². The molecule has 0 aliphatic heterocycles. The molecule has 0 aromatic rings. The van der Waals surface area contributed by atoms with E-state index in [-0.39, 0.29) is 37.5 Å². The van der Waals surface area contributed by atoms with Gasteiger partial charge in [-0.25, -0.2) is 0 Å². The van der Waals surface area contributed by atoms with Gasteiger partial charge >= 0.3 is 17.9 Å². The molecule has 0 unspecified atom stereocenters. The van der Waals surface area contributed by atoms with Gasteiger partial charge in [-0.15, -0.1) is 0 Å². The molecule has 6 heteroatoms. The van der Waals surface area contributed by atoms with Crippen LogP contribution in [0.1, 0.15) is 316 Å². The lowest BCUT2D eigenvalue weighted by atomic mass is 10.0. The molecule has 0 heterocycles. The number of ether oxygens (including phenoxy) is 3. The smallest absolute Gasteiger partial charge is 0.306 e. The number of unbranched alkanes of at least 4 members (excludes halogenated alkanes) is 36. The number of hydrogen-bond donors (Lipinski definition) is 0. The Morgan fingerprint density at radius 1 is 0.290 bits per heavy atom. The molecule has 0 rings (SSSR count). The van der Waals surface area contributed by atoms with Gasteiger partial charge in [0.05, 0.1) is 0 Å². The fourth-order valence-corrected chi connectivity index (χ4v) is 8.79. The molecule has 0 fully saturated rings. The lowest BCUT2D eigenvalue weighted by molar-refractivity contribution is -0.167. The summed E-state index contributed by atoms with van der Waals surface area (Å²) in [5.74, 6) is -0.927. The Labute approximate surface area is 428 Å². The molecular formula is C63H114O6. The van der Waals surface area contributed by atoms with Crippen molar-refractivity contribution >= 4 is 17.9 Å². The van der Waals surface area contributed by atoms with E-state index in [0.717, 1.165) is 64.2 Å². The summed E-state index contributed by atoms with van der Waals surface area (Å²) in [6.45, 7) is 6.62. The molecule has 0 aliphatic rings. The van der Waals surface area contributed by atoms with Crippen molar-refractivity contribution in [2.45, 2.75) is 322 Å². The molecule has 0 saturated heterocycles. The highest BCUT2D eigenvalue weighted by Gasteiger charge is 2.19. The molecule has 0 N–H and O–H groups in total. The fourth-order valence-electron chi connectivity index (χ4n) is 8.79. The summed E-state index contributed by atoms with van der Waals surface area (Å²) >= 11 is 0. The number of allylic oxidation sites excluding steroid dienone is 8. The van der Waals surface area contributed by atoms with Crippen molar-refractivity contribution in [3.8, 4) is 0 Å². The van der Waals surface area contributed by atoms with E-state index in [2.05, 4.69) is 69.4 Å². The van der Waals surface area contributed by atoms with E-state index in [1.165, 1.54) is 205 Å². The molecule has 0 aliphatic carbocycles. The number of carbonyl (C=O) groups excluding carboxylic acids is 3. The van der Waals surface area contributed by atoms with Crippen LogP contribution in [0.3, 0.4) is 0 Å². The van der Waals surface area contributed by atoms with Gasteiger partial charge in [-0.1, -0.05) is 288 Å². The monoisotopic (exact) mass is 967 g/mol. The van der Waals surface area contributed by atoms with Crippen LogP contribution < -0.4 is 0 Å². The van der Waals surface area contributed by atoms with Gasteiger partial charge in [0.2, 0.25) is 0 Å². The van der Waals surface area contributed by atoms with E-state index < -0.39 is 6.10 Å². The summed E-state index contributed by atoms with van der Waals surface area (Å²) < 4.78 is 16.9. The van der Waals surface area contributed by atoms with E-state index in [0.29, 0.717) is 19.3 Å². The Balaban J connectivity index is 4.41. The number of rotatable bonds is 55. The third kappa shape index (κ3) is 56.2. The van der Waals surface area contributed by atoms with Gasteiger partial charge in [0.15, 0.2) is 6.10 Å². The van der Waals surface area contributed by atoms with E-state index in [9.17, 15) is 14.4 Å². The van der Waals surface area contributed by atoms with Crippen LogP contribution in [-0.2, 0) is 28.6 Å². The van der Waals surface area contributed by atoms with Gasteiger partial charge in [0, 0.05) is 19.3 Å². The third-order valence-corrected chi connectivity index (χ3v) is 13.3. The predicted molar refractivity (Wildman–Crippen MR) is 298 cm³/mol. The van der Waals surface area contributed by atoms with Crippen LogP contribution in [0.4, 0.5) is 0 Å². The summed E-state index contributed by atoms with van der Waals surface area (Å²) in [4.78, 5) is 38.2. The summed E-state index contributed by atoms with van der Waals surface area (Å²) in [7, 11) is 0. The van der Waals surface area contributed by atoms with E-state index >= 15 is 0 Å². The van der Waals surface area contributed by atoms with E-state index in [4.69, 9.17) is 14.2 Å². The van der Waals surface area contributed by atoms with Crippen molar-refractivity contribution in [1.29, 1.82) is 0 Å². The molecule has 1 atom stereocenters. The SMILES string of the molecule is CCCCC/C=C\C/C=C\C/C=C\C/C=C\CCCC(=O)O[C@H](COC(=O)CCCCCCCCCCCCCCCCCC)COC(=O)CCCCCCCCCCCCCCCCCCCC. The molecule has 0 radical (unpaired) electrons. The average Bonchev–Trinajstić information content (AvgIpc) is 3.35. The zero-order valence-corrected chi connectivity index (χ0v) is 46.1. The Morgan fingerprint density at radius 2 is 0.536 bits per heavy atom. The van der Waals surface area contributed by atoms with Gasteiger partial charge in [0.1, 0.15) is 13.2 Å². The zero-order chi connectivity index (χ0) is 50.0. The van der Waals surface area contributed by atoms with Gasteiger partial charge in [-0.3, -0.25) is 14.4 Å². The maximum absolute atomic E-state index is 12.8. The lowest BCUT2D eigenvalue weighted by Gasteiger charge is -2.18. The first kappa shape index (κ1) is 66.4. The molecule has 69 heavy (non-hydrogen) atoms. The normalized spacial score (nSPS) is 12.3. The molecule has 0 saturated carbocycles. The second kappa shape index (κ2) is 57.9. The molecule has 0 spiro atoms. The van der Waals surface area contributed by atoms with Crippen molar-refractivity contribution in [2.24, 2.45) is 0 Å². The van der Waals surface area contributed by atoms with Crippen LogP contribution in [0.2, 0.25) is 0 Å². The molecule has 0 aromatic heterocycles. The molecule has 6 nitrogen and oxygen atoms in total. The Morgan fingerprint density at radius 3 is 0.855 bits per heavy atom. The topological polar surface area (TPSA) is 78.9 Å². The first-order valence-corrected chi connectivity index (χ1v) is 30.1. The fraction of sp³-hybridized carbons (Fsp3) is 0.825. The average molecular weight is 968 g/mol. The largest absolute Gasteiger partial charge is 0.462 e. The molecule has 0 bridgehead atoms. The number of hydrogen-bond acceptors (Lipinski definition) is 6. The first-order valence-electron chi connectivity index (χ1n) is 30.1. The highest BCUT2D eigenvalue weighted by atomic mass is 16.6. The molecular weight excluding hydrogens is 853 g/mol. The minimum atomic E-state index is -0.798. The van der Waals surface area contributed by atoms with Crippen LogP contribution in [0.5, 0.6) is 0 Å². The van der Waals surface area contributed by atoms with Crippen molar-refractivity contribution in [2.75, 3.05) is 13.2 Å². The molecule has 0 aromatic carbocycles. The van der Waals surface area contributed by atoms with Crippen molar-refractivity contribution < 1.29 is 28.6 Å². The Bertz CT molecular complexity index is 1200. The lowest BCUT2D eigenvalue weighted by Crippen LogP contribution is -2.30. The van der Waals surface area contributed by atoms with Crippen LogP contribution in [0.15, 0.2) is 48.6 Å². The third-order valence-electron chi connectivity index (χ3n) is 13.3. The van der Waals surface area contributed by atoms with Crippen molar-refractivity contribution in [1.82, 2.24) is 0 Å². The van der Waals surface area contributed by atoms with Gasteiger partial charge < -0.3 is 14.2 Å². The number of esters is 3. The zero-order valence-electron chi connectivity index (χ0n) is 46.1. The second-order valence-corrected chi connectivity index (χ2v) is 20.3. The minimum absolute atomic E-state index is 0.0902. The minimum Gasteiger partial charge on any atom is -0.462 e. The Kier molecular flexibility index (Phi) is 55.7. The van der Waals surface area contributed by atoms with Gasteiger partial charge in [-0.2, -0.15) is 0 Å². The highest BCUT2D eigenvalue weighted by molar-refractivity contribution is 5.71. The molecule has 402 valence electrons. The van der Waals surface area contributed by atoms with Crippen molar-refractivity contribution in [3.05, 3.63) is 48.6 Å². The van der Waals surface area contributed by atoms with E-state index in [1.807, 2.05) is 0 Å². The van der Waals surface area contributed by atoms with Crippen LogP contribution in [0, 0.1) is 0 Å². The maximum Gasteiger partial charge on any atom is 0.306 e. The summed E-state index contributed by atoms with van der Waals surface area (Å²) in [6, 6.07) is 0. The second-order valence-electron chi connectivity index (χ2n) is 20.3. The highest BCUT2D eigenvalue weighted by Crippen LogP contribution is 2.17. The Hall–Kier alpha value is -2.63. The quantitative estimate of drug-likeness (QED) is 0.0262. The first-order chi connectivity index (χ1) is 34.0.